The molecule has 0 N–H and O–H groups in total. The summed E-state index contributed by atoms with van der Waals surface area (Å²) in [7, 11) is 0. The van der Waals surface area contributed by atoms with Gasteiger partial charge in [0.15, 0.2) is 0 Å². The van der Waals surface area contributed by atoms with Crippen molar-refractivity contribution in [1.29, 1.82) is 0 Å². The molecule has 1 aromatic rings. The van der Waals surface area contributed by atoms with Gasteiger partial charge in [0.1, 0.15) is 12.1 Å². The van der Waals surface area contributed by atoms with Crippen LogP contribution in [0.15, 0.2) is 18.2 Å². The fraction of sp³-hybridized carbons (Fsp3) is 0.300. The smallest absolute Gasteiger partial charge is 0.123 e. The Bertz CT molecular complexity index is 281. The molecule has 1 aromatic carbocycles. The van der Waals surface area contributed by atoms with Crippen LogP contribution in [0, 0.1) is 12.7 Å². The summed E-state index contributed by atoms with van der Waals surface area (Å²) in [5, 5.41) is 0. The zero-order valence-electron chi connectivity index (χ0n) is 7.01. The highest BCUT2D eigenvalue weighted by molar-refractivity contribution is 5.50. The molecular weight excluding hydrogens is 155 g/mol. The minimum Gasteiger partial charge on any atom is -0.303 e. The Hall–Kier alpha value is -1.18. The van der Waals surface area contributed by atoms with Crippen molar-refractivity contribution in [3.05, 3.63) is 35.1 Å². The molecule has 0 aromatic heterocycles. The predicted molar refractivity (Wildman–Crippen MR) is 45.5 cm³/mol. The lowest BCUT2D eigenvalue weighted by atomic mass is 10.0. The van der Waals surface area contributed by atoms with Crippen LogP contribution in [0.4, 0.5) is 4.39 Å². The molecular formula is C10H11FO. The van der Waals surface area contributed by atoms with Gasteiger partial charge in [-0.25, -0.2) is 4.39 Å². The maximum Gasteiger partial charge on any atom is 0.123 e. The molecule has 0 saturated carbocycles. The zero-order valence-corrected chi connectivity index (χ0v) is 7.01. The van der Waals surface area contributed by atoms with E-state index in [1.807, 2.05) is 6.92 Å². The molecule has 0 fully saturated rings. The molecule has 0 spiro atoms. The minimum atomic E-state index is -0.220. The maximum atomic E-state index is 12.6. The summed E-state index contributed by atoms with van der Waals surface area (Å²) in [6.07, 6.45) is 2.09. The molecule has 64 valence electrons. The van der Waals surface area contributed by atoms with Crippen LogP contribution < -0.4 is 0 Å². The van der Waals surface area contributed by atoms with Gasteiger partial charge in [-0.15, -0.1) is 0 Å². The highest BCUT2D eigenvalue weighted by Crippen LogP contribution is 2.11. The van der Waals surface area contributed by atoms with Crippen molar-refractivity contribution < 1.29 is 9.18 Å². The number of halogens is 1. The number of aldehydes is 1. The van der Waals surface area contributed by atoms with Gasteiger partial charge in [0.25, 0.3) is 0 Å². The van der Waals surface area contributed by atoms with Crippen LogP contribution in [0.1, 0.15) is 17.5 Å². The Balaban J connectivity index is 2.78. The monoisotopic (exact) mass is 166 g/mol. The molecule has 1 nitrogen and oxygen atoms in total. The van der Waals surface area contributed by atoms with Crippen molar-refractivity contribution >= 4 is 6.29 Å². The third-order valence-electron chi connectivity index (χ3n) is 1.84. The maximum absolute atomic E-state index is 12.6. The fourth-order valence-electron chi connectivity index (χ4n) is 1.15. The van der Waals surface area contributed by atoms with Crippen LogP contribution in [0.5, 0.6) is 0 Å². The summed E-state index contributed by atoms with van der Waals surface area (Å²) in [6.45, 7) is 1.85. The van der Waals surface area contributed by atoms with Gasteiger partial charge in [-0.05, 0) is 36.6 Å². The van der Waals surface area contributed by atoms with Crippen LogP contribution in [-0.4, -0.2) is 6.29 Å². The molecule has 0 unspecified atom stereocenters. The van der Waals surface area contributed by atoms with Gasteiger partial charge >= 0.3 is 0 Å². The summed E-state index contributed by atoms with van der Waals surface area (Å²) in [5.41, 5.74) is 1.96. The molecule has 0 radical (unpaired) electrons. The van der Waals surface area contributed by atoms with E-state index in [9.17, 15) is 9.18 Å². The predicted octanol–water partition coefficient (Wildman–Crippen LogP) is 2.27. The Morgan fingerprint density at radius 3 is 2.83 bits per heavy atom. The van der Waals surface area contributed by atoms with E-state index < -0.39 is 0 Å². The fourth-order valence-corrected chi connectivity index (χ4v) is 1.15. The third kappa shape index (κ3) is 2.16. The number of benzene rings is 1. The SMILES string of the molecule is Cc1cc(F)ccc1CCC=O. The Morgan fingerprint density at radius 1 is 1.50 bits per heavy atom. The Kier molecular flexibility index (Phi) is 2.97. The summed E-state index contributed by atoms with van der Waals surface area (Å²) < 4.78 is 12.6. The molecule has 0 aliphatic heterocycles. The summed E-state index contributed by atoms with van der Waals surface area (Å²) in [6, 6.07) is 4.64. The second kappa shape index (κ2) is 4.00. The number of hydrogen-bond acceptors (Lipinski definition) is 1. The first kappa shape index (κ1) is 8.91. The van der Waals surface area contributed by atoms with E-state index in [2.05, 4.69) is 0 Å². The lowest BCUT2D eigenvalue weighted by Gasteiger charge is -2.02. The molecule has 0 aliphatic rings. The first-order valence-corrected chi connectivity index (χ1v) is 3.92. The molecule has 0 aliphatic carbocycles. The van der Waals surface area contributed by atoms with E-state index in [1.54, 1.807) is 6.07 Å². The van der Waals surface area contributed by atoms with Crippen molar-refractivity contribution in [2.24, 2.45) is 0 Å². The van der Waals surface area contributed by atoms with E-state index in [0.717, 1.165) is 17.4 Å². The standard InChI is InChI=1S/C10H11FO/c1-8-7-10(11)5-4-9(8)3-2-6-12/h4-7H,2-3H2,1H3. The van der Waals surface area contributed by atoms with Crippen LogP contribution in [-0.2, 0) is 11.2 Å². The zero-order chi connectivity index (χ0) is 8.97. The Labute approximate surface area is 71.2 Å². The van der Waals surface area contributed by atoms with Crippen molar-refractivity contribution in [2.45, 2.75) is 19.8 Å². The van der Waals surface area contributed by atoms with E-state index in [1.165, 1.54) is 12.1 Å². The highest BCUT2D eigenvalue weighted by atomic mass is 19.1. The molecule has 0 saturated heterocycles. The average Bonchev–Trinajstić information content (AvgIpc) is 2.03. The molecule has 2 heteroatoms. The Morgan fingerprint density at radius 2 is 2.25 bits per heavy atom. The first-order valence-electron chi connectivity index (χ1n) is 3.92. The molecule has 12 heavy (non-hydrogen) atoms. The third-order valence-corrected chi connectivity index (χ3v) is 1.84. The lowest BCUT2D eigenvalue weighted by molar-refractivity contribution is -0.107. The highest BCUT2D eigenvalue weighted by Gasteiger charge is 1.98. The van der Waals surface area contributed by atoms with E-state index in [-0.39, 0.29) is 5.82 Å². The van der Waals surface area contributed by atoms with Crippen LogP contribution in [0.3, 0.4) is 0 Å². The summed E-state index contributed by atoms with van der Waals surface area (Å²) >= 11 is 0. The largest absolute Gasteiger partial charge is 0.303 e. The van der Waals surface area contributed by atoms with Crippen molar-refractivity contribution in [3.8, 4) is 0 Å². The molecule has 0 bridgehead atoms. The molecule has 1 rings (SSSR count). The van der Waals surface area contributed by atoms with Crippen LogP contribution >= 0.6 is 0 Å². The second-order valence-electron chi connectivity index (χ2n) is 2.78. The van der Waals surface area contributed by atoms with Gasteiger partial charge in [0.2, 0.25) is 0 Å². The van der Waals surface area contributed by atoms with E-state index >= 15 is 0 Å². The molecule has 0 amide bonds. The second-order valence-corrected chi connectivity index (χ2v) is 2.78. The van der Waals surface area contributed by atoms with Gasteiger partial charge in [0.05, 0.1) is 0 Å². The number of rotatable bonds is 3. The minimum absolute atomic E-state index is 0.220. The topological polar surface area (TPSA) is 17.1 Å². The van der Waals surface area contributed by atoms with Crippen LogP contribution in [0.2, 0.25) is 0 Å². The number of aryl methyl sites for hydroxylation is 2. The van der Waals surface area contributed by atoms with Gasteiger partial charge in [-0.2, -0.15) is 0 Å². The van der Waals surface area contributed by atoms with Crippen molar-refractivity contribution in [1.82, 2.24) is 0 Å². The lowest BCUT2D eigenvalue weighted by Crippen LogP contribution is -1.91. The van der Waals surface area contributed by atoms with Crippen molar-refractivity contribution in [3.63, 3.8) is 0 Å². The van der Waals surface area contributed by atoms with Crippen LogP contribution in [0.25, 0.3) is 0 Å². The van der Waals surface area contributed by atoms with Gasteiger partial charge in [-0.1, -0.05) is 6.07 Å². The van der Waals surface area contributed by atoms with Crippen molar-refractivity contribution in [2.75, 3.05) is 0 Å². The number of carbonyl (C=O) groups is 1. The van der Waals surface area contributed by atoms with Gasteiger partial charge < -0.3 is 4.79 Å². The molecule has 0 heterocycles. The number of carbonyl (C=O) groups excluding carboxylic acids is 1. The van der Waals surface area contributed by atoms with E-state index in [0.29, 0.717) is 12.8 Å². The number of hydrogen-bond donors (Lipinski definition) is 0. The van der Waals surface area contributed by atoms with E-state index in [4.69, 9.17) is 0 Å². The summed E-state index contributed by atoms with van der Waals surface area (Å²) in [5.74, 6) is -0.220. The average molecular weight is 166 g/mol. The molecule has 0 atom stereocenters. The quantitative estimate of drug-likeness (QED) is 0.629. The van der Waals surface area contributed by atoms with Gasteiger partial charge in [-0.3, -0.25) is 0 Å². The normalized spacial score (nSPS) is 9.83. The summed E-state index contributed by atoms with van der Waals surface area (Å²) in [4.78, 5) is 10.1. The first-order chi connectivity index (χ1) is 5.74. The van der Waals surface area contributed by atoms with Gasteiger partial charge in [0, 0.05) is 6.42 Å².